The normalized spacial score (nSPS) is 18.8. The number of nitrogens with one attached hydrogen (secondary N) is 2. The second kappa shape index (κ2) is 14.9. The first kappa shape index (κ1) is 35.2. The van der Waals surface area contributed by atoms with Crippen LogP contribution in [0, 0.1) is 5.92 Å². The van der Waals surface area contributed by atoms with Crippen molar-refractivity contribution < 1.29 is 23.9 Å². The Balaban J connectivity index is 0.849. The number of imide groups is 1. The molecule has 4 aromatic heterocycles. The Morgan fingerprint density at radius 3 is 2.56 bits per heavy atom. The Morgan fingerprint density at radius 2 is 1.81 bits per heavy atom. The summed E-state index contributed by atoms with van der Waals surface area (Å²) in [5, 5.41) is 15.3. The van der Waals surface area contributed by atoms with Crippen molar-refractivity contribution in [2.75, 3.05) is 36.4 Å². The number of hydrogen-bond acceptors (Lipinski definition) is 10. The van der Waals surface area contributed by atoms with Crippen LogP contribution in [0.1, 0.15) is 86.7 Å². The second-order valence-electron chi connectivity index (χ2n) is 14.8. The fourth-order valence-corrected chi connectivity index (χ4v) is 7.82. The number of carbonyl (C=O) groups is 4. The highest BCUT2D eigenvalue weighted by Crippen LogP contribution is 2.32. The summed E-state index contributed by atoms with van der Waals surface area (Å²) in [6.07, 6.45) is 13.4. The molecular formula is C39H44N10O5. The minimum absolute atomic E-state index is 0.134. The molecule has 3 saturated heterocycles. The monoisotopic (exact) mass is 732 g/mol. The number of anilines is 2. The summed E-state index contributed by atoms with van der Waals surface area (Å²) in [4.78, 5) is 63.9. The molecule has 1 unspecified atom stereocenters. The number of ether oxygens (including phenoxy) is 1. The van der Waals surface area contributed by atoms with Gasteiger partial charge in [-0.3, -0.25) is 29.2 Å². The number of piperidine rings is 3. The Labute approximate surface area is 312 Å². The van der Waals surface area contributed by atoms with Gasteiger partial charge in [0.25, 0.3) is 5.91 Å². The quantitative estimate of drug-likeness (QED) is 0.206. The number of aromatic nitrogens is 6. The van der Waals surface area contributed by atoms with Gasteiger partial charge in [-0.1, -0.05) is 6.07 Å². The van der Waals surface area contributed by atoms with Crippen LogP contribution in [0.3, 0.4) is 0 Å². The van der Waals surface area contributed by atoms with E-state index in [1.54, 1.807) is 35.4 Å². The third-order valence-electron chi connectivity index (χ3n) is 10.8. The smallest absolute Gasteiger partial charge is 0.259 e. The third-order valence-corrected chi connectivity index (χ3v) is 10.8. The van der Waals surface area contributed by atoms with E-state index in [4.69, 9.17) is 9.84 Å². The molecule has 3 aliphatic heterocycles. The molecule has 3 aliphatic rings. The molecular weight excluding hydrogens is 688 g/mol. The maximum atomic E-state index is 13.6. The van der Waals surface area contributed by atoms with Crippen LogP contribution in [0.5, 0.6) is 5.75 Å². The Hall–Kier alpha value is -5.86. The molecule has 0 bridgehead atoms. The molecule has 0 spiro atoms. The van der Waals surface area contributed by atoms with E-state index in [-0.39, 0.29) is 41.7 Å². The van der Waals surface area contributed by atoms with Crippen LogP contribution in [0.4, 0.5) is 11.5 Å². The van der Waals surface area contributed by atoms with Crippen LogP contribution < -0.4 is 20.3 Å². The number of fused-ring (bicyclic) bond motifs is 2. The molecule has 4 amide bonds. The summed E-state index contributed by atoms with van der Waals surface area (Å²) in [6.45, 7) is 6.83. The predicted molar refractivity (Wildman–Crippen MR) is 200 cm³/mol. The molecule has 15 nitrogen and oxygen atoms in total. The van der Waals surface area contributed by atoms with Gasteiger partial charge in [0.1, 0.15) is 17.3 Å². The van der Waals surface area contributed by atoms with Crippen molar-refractivity contribution in [2.24, 2.45) is 5.92 Å². The number of nitrogens with zero attached hydrogens (tertiary/aromatic N) is 8. The predicted octanol–water partition coefficient (Wildman–Crippen LogP) is 4.50. The van der Waals surface area contributed by atoms with E-state index >= 15 is 0 Å². The van der Waals surface area contributed by atoms with Crippen molar-refractivity contribution in [3.05, 3.63) is 72.4 Å². The number of benzene rings is 1. The molecule has 3 fully saturated rings. The van der Waals surface area contributed by atoms with Crippen LogP contribution in [0.15, 0.2) is 61.3 Å². The van der Waals surface area contributed by atoms with Gasteiger partial charge < -0.3 is 19.9 Å². The lowest BCUT2D eigenvalue weighted by Gasteiger charge is -2.35. The van der Waals surface area contributed by atoms with Crippen molar-refractivity contribution in [3.63, 3.8) is 0 Å². The Morgan fingerprint density at radius 1 is 1.00 bits per heavy atom. The van der Waals surface area contributed by atoms with Gasteiger partial charge in [0.2, 0.25) is 17.7 Å². The molecule has 0 radical (unpaired) electrons. The van der Waals surface area contributed by atoms with Gasteiger partial charge in [0.15, 0.2) is 5.65 Å². The first-order valence-corrected chi connectivity index (χ1v) is 18.8. The van der Waals surface area contributed by atoms with Gasteiger partial charge in [0.05, 0.1) is 35.3 Å². The summed E-state index contributed by atoms with van der Waals surface area (Å²) in [5.41, 5.74) is 3.02. The molecule has 2 N–H and O–H groups in total. The van der Waals surface area contributed by atoms with Crippen LogP contribution in [0.2, 0.25) is 0 Å². The minimum Gasteiger partial charge on any atom is -0.490 e. The summed E-state index contributed by atoms with van der Waals surface area (Å²) >= 11 is 0. The maximum Gasteiger partial charge on any atom is 0.259 e. The van der Waals surface area contributed by atoms with Crippen molar-refractivity contribution >= 4 is 51.7 Å². The van der Waals surface area contributed by atoms with Crippen molar-refractivity contribution in [3.8, 4) is 5.75 Å². The molecule has 1 atom stereocenters. The Bertz CT molecular complexity index is 2200. The summed E-state index contributed by atoms with van der Waals surface area (Å²) < 4.78 is 9.66. The van der Waals surface area contributed by atoms with Crippen molar-refractivity contribution in [1.82, 2.24) is 39.6 Å². The van der Waals surface area contributed by atoms with Gasteiger partial charge in [-0.25, -0.2) is 14.5 Å². The van der Waals surface area contributed by atoms with E-state index in [1.807, 2.05) is 53.9 Å². The van der Waals surface area contributed by atoms with Crippen LogP contribution in [-0.4, -0.2) is 90.2 Å². The zero-order valence-corrected chi connectivity index (χ0v) is 30.5. The molecule has 15 heteroatoms. The van der Waals surface area contributed by atoms with E-state index in [0.717, 1.165) is 61.1 Å². The molecule has 5 aromatic rings. The number of hydrogen-bond donors (Lipinski definition) is 2. The van der Waals surface area contributed by atoms with Crippen LogP contribution in [0.25, 0.3) is 16.6 Å². The molecule has 0 saturated carbocycles. The first-order valence-electron chi connectivity index (χ1n) is 18.8. The van der Waals surface area contributed by atoms with E-state index < -0.39 is 0 Å². The summed E-state index contributed by atoms with van der Waals surface area (Å²) in [6, 6.07) is 9.44. The van der Waals surface area contributed by atoms with Crippen LogP contribution in [-0.2, 0) is 14.4 Å². The van der Waals surface area contributed by atoms with Gasteiger partial charge in [-0.2, -0.15) is 10.2 Å². The summed E-state index contributed by atoms with van der Waals surface area (Å²) in [7, 11) is 0. The molecule has 54 heavy (non-hydrogen) atoms. The van der Waals surface area contributed by atoms with Gasteiger partial charge >= 0.3 is 0 Å². The van der Waals surface area contributed by atoms with Gasteiger partial charge in [-0.15, -0.1) is 0 Å². The standard InChI is InChI=1S/C39H44N10O5/c1-24(2)54-33-20-31-27(19-30(33)39(53)43-32-22-42-48-13-3-12-40-37(32)48)23-49(45-31)28-10-16-47(17-11-28)36(51)18-25-8-14-46(15-9-25)34-6-4-26(21-41-34)29-5-7-35(50)44-38(29)52/h3-4,6,12-13,19-25,28-29H,5,7-11,14-18H2,1-2H3,(H,43,53)(H,44,50,52). The molecule has 8 rings (SSSR count). The first-order chi connectivity index (χ1) is 26.2. The highest BCUT2D eigenvalue weighted by atomic mass is 16.5. The molecule has 280 valence electrons. The number of pyridine rings is 1. The topological polar surface area (TPSA) is 169 Å². The largest absolute Gasteiger partial charge is 0.490 e. The summed E-state index contributed by atoms with van der Waals surface area (Å²) in [5.74, 6) is 0.706. The third kappa shape index (κ3) is 7.34. The molecule has 0 aliphatic carbocycles. The fraction of sp³-hybridized carbons (Fsp3) is 0.436. The average Bonchev–Trinajstić information content (AvgIpc) is 3.78. The van der Waals surface area contributed by atoms with Crippen molar-refractivity contribution in [1.29, 1.82) is 0 Å². The second-order valence-corrected chi connectivity index (χ2v) is 14.8. The number of rotatable bonds is 9. The Kier molecular flexibility index (Phi) is 9.69. The average molecular weight is 733 g/mol. The number of carbonyl (C=O) groups excluding carboxylic acids is 4. The van der Waals surface area contributed by atoms with Crippen molar-refractivity contribution in [2.45, 2.75) is 76.9 Å². The molecule has 1 aromatic carbocycles. The van der Waals surface area contributed by atoms with Crippen LogP contribution >= 0.6 is 0 Å². The fourth-order valence-electron chi connectivity index (χ4n) is 7.82. The number of likely N-dealkylation sites (tertiary alicyclic amines) is 1. The lowest BCUT2D eigenvalue weighted by atomic mass is 9.91. The van der Waals surface area contributed by atoms with E-state index in [9.17, 15) is 19.2 Å². The zero-order chi connectivity index (χ0) is 37.3. The number of amides is 4. The van der Waals surface area contributed by atoms with Gasteiger partial charge in [-0.05, 0) is 75.6 Å². The minimum atomic E-state index is -0.342. The van der Waals surface area contributed by atoms with Gasteiger partial charge in [0, 0.05) is 75.3 Å². The molecule has 7 heterocycles. The lowest BCUT2D eigenvalue weighted by Crippen LogP contribution is -2.41. The zero-order valence-electron chi connectivity index (χ0n) is 30.5. The highest BCUT2D eigenvalue weighted by Gasteiger charge is 2.30. The van der Waals surface area contributed by atoms with E-state index in [0.29, 0.717) is 60.9 Å². The van der Waals surface area contributed by atoms with E-state index in [1.165, 1.54) is 0 Å². The maximum absolute atomic E-state index is 13.6. The lowest BCUT2D eigenvalue weighted by molar-refractivity contribution is -0.135. The van der Waals surface area contributed by atoms with E-state index in [2.05, 4.69) is 30.6 Å². The SMILES string of the molecule is CC(C)Oc1cc2nn(C3CCN(C(=O)CC4CCN(c5ccc(C6CCC(=O)NC6=O)cn5)CC4)CC3)cc2cc1C(=O)Nc1cnn2cccnc12. The highest BCUT2D eigenvalue weighted by molar-refractivity contribution is 6.09.